The van der Waals surface area contributed by atoms with Crippen LogP contribution < -0.4 is 16.4 Å². The summed E-state index contributed by atoms with van der Waals surface area (Å²) < 4.78 is 0. The van der Waals surface area contributed by atoms with E-state index in [9.17, 15) is 4.79 Å². The molecule has 8 heteroatoms. The molecule has 186 valence electrons. The van der Waals surface area contributed by atoms with Crippen molar-refractivity contribution in [2.24, 2.45) is 0 Å². The van der Waals surface area contributed by atoms with Gasteiger partial charge in [-0.3, -0.25) is 4.79 Å². The van der Waals surface area contributed by atoms with Gasteiger partial charge in [0.15, 0.2) is 0 Å². The van der Waals surface area contributed by atoms with Crippen LogP contribution >= 0.6 is 11.3 Å². The summed E-state index contributed by atoms with van der Waals surface area (Å²) in [6.07, 6.45) is 1.77. The van der Waals surface area contributed by atoms with E-state index in [0.29, 0.717) is 28.7 Å². The summed E-state index contributed by atoms with van der Waals surface area (Å²) >= 11 is 1.64. The maximum absolute atomic E-state index is 12.9. The van der Waals surface area contributed by atoms with Gasteiger partial charge in [0.05, 0.1) is 17.1 Å². The number of thiophene rings is 1. The molecule has 2 aromatic carbocycles. The Bertz CT molecular complexity index is 1540. The number of anilines is 4. The highest BCUT2D eigenvalue weighted by molar-refractivity contribution is 7.13. The predicted molar refractivity (Wildman–Crippen MR) is 152 cm³/mol. The standard InChI is InChI=1S/C29H28N6OS/c1-17(2)27-28(33-18(3)32-27)21-12-13-31-26(16-21)34-22-9-6-19(7-10-22)29(36)35-24-15-20(8-11-23(24)30)25-5-4-14-37-25/h4-17H,30H2,1-3H3,(H,31,34)(H,32,33)(H,35,36). The first kappa shape index (κ1) is 24.3. The number of nitrogen functional groups attached to an aromatic ring is 1. The first-order valence-electron chi connectivity index (χ1n) is 12.0. The SMILES string of the molecule is Cc1nc(-c2ccnc(Nc3ccc(C(=O)Nc4cc(-c5cccs5)ccc4N)cc3)c2)c(C(C)C)[nH]1. The molecule has 0 bridgehead atoms. The lowest BCUT2D eigenvalue weighted by molar-refractivity contribution is 0.102. The molecule has 0 saturated heterocycles. The number of amides is 1. The molecule has 0 unspecified atom stereocenters. The minimum atomic E-state index is -0.225. The molecular formula is C29H28N6OS. The fraction of sp³-hybridized carbons (Fsp3) is 0.138. The number of aryl methyl sites for hydroxylation is 1. The van der Waals surface area contributed by atoms with Gasteiger partial charge in [0.1, 0.15) is 11.6 Å². The molecule has 0 aliphatic carbocycles. The maximum Gasteiger partial charge on any atom is 0.255 e. The Kier molecular flexibility index (Phi) is 6.74. The second kappa shape index (κ2) is 10.3. The Balaban J connectivity index is 1.30. The quantitative estimate of drug-likeness (QED) is 0.174. The second-order valence-electron chi connectivity index (χ2n) is 9.10. The number of H-pyrrole nitrogens is 1. The van der Waals surface area contributed by atoms with Crippen LogP contribution in [0.15, 0.2) is 78.3 Å². The summed E-state index contributed by atoms with van der Waals surface area (Å²) in [6.45, 7) is 6.24. The van der Waals surface area contributed by atoms with Crippen molar-refractivity contribution in [2.75, 3.05) is 16.4 Å². The number of aromatic amines is 1. The Hall–Kier alpha value is -4.43. The van der Waals surface area contributed by atoms with Gasteiger partial charge in [0.25, 0.3) is 5.91 Å². The molecule has 0 spiro atoms. The molecule has 5 N–H and O–H groups in total. The third-order valence-corrected chi connectivity index (χ3v) is 6.91. The van der Waals surface area contributed by atoms with Gasteiger partial charge in [-0.15, -0.1) is 11.3 Å². The lowest BCUT2D eigenvalue weighted by atomic mass is 10.0. The lowest BCUT2D eigenvalue weighted by Gasteiger charge is -2.11. The Morgan fingerprint density at radius 2 is 1.84 bits per heavy atom. The van der Waals surface area contributed by atoms with E-state index in [1.54, 1.807) is 29.7 Å². The summed E-state index contributed by atoms with van der Waals surface area (Å²) in [4.78, 5) is 26.5. The molecule has 7 nitrogen and oxygen atoms in total. The normalized spacial score (nSPS) is 11.0. The van der Waals surface area contributed by atoms with Crippen molar-refractivity contribution in [3.8, 4) is 21.7 Å². The van der Waals surface area contributed by atoms with Gasteiger partial charge in [-0.1, -0.05) is 26.0 Å². The molecule has 3 aromatic heterocycles. The van der Waals surface area contributed by atoms with Gasteiger partial charge in [-0.25, -0.2) is 9.97 Å². The summed E-state index contributed by atoms with van der Waals surface area (Å²) in [7, 11) is 0. The van der Waals surface area contributed by atoms with E-state index in [1.807, 2.05) is 66.9 Å². The van der Waals surface area contributed by atoms with Gasteiger partial charge in [-0.05, 0) is 78.4 Å². The van der Waals surface area contributed by atoms with Crippen LogP contribution in [-0.2, 0) is 0 Å². The number of nitrogens with two attached hydrogens (primary N) is 1. The van der Waals surface area contributed by atoms with E-state index >= 15 is 0 Å². The molecule has 0 fully saturated rings. The first-order chi connectivity index (χ1) is 17.9. The van der Waals surface area contributed by atoms with Gasteiger partial charge in [0.2, 0.25) is 0 Å². The number of carbonyl (C=O) groups excluding carboxylic acids is 1. The van der Waals surface area contributed by atoms with E-state index in [2.05, 4.69) is 39.4 Å². The monoisotopic (exact) mass is 508 g/mol. The zero-order chi connectivity index (χ0) is 25.9. The molecule has 1 amide bonds. The maximum atomic E-state index is 12.9. The number of pyridine rings is 1. The average Bonchev–Trinajstić information content (AvgIpc) is 3.56. The number of nitrogens with one attached hydrogen (secondary N) is 3. The number of hydrogen-bond acceptors (Lipinski definition) is 6. The number of hydrogen-bond donors (Lipinski definition) is 4. The zero-order valence-electron chi connectivity index (χ0n) is 20.9. The largest absolute Gasteiger partial charge is 0.397 e. The van der Waals surface area contributed by atoms with Crippen LogP contribution in [0.3, 0.4) is 0 Å². The van der Waals surface area contributed by atoms with Crippen molar-refractivity contribution in [1.82, 2.24) is 15.0 Å². The lowest BCUT2D eigenvalue weighted by Crippen LogP contribution is -2.13. The predicted octanol–water partition coefficient (Wildman–Crippen LogP) is 7.21. The van der Waals surface area contributed by atoms with Crippen molar-refractivity contribution in [2.45, 2.75) is 26.7 Å². The second-order valence-corrected chi connectivity index (χ2v) is 10.1. The summed E-state index contributed by atoms with van der Waals surface area (Å²) in [6, 6.07) is 20.9. The fourth-order valence-electron chi connectivity index (χ4n) is 4.10. The van der Waals surface area contributed by atoms with E-state index < -0.39 is 0 Å². The average molecular weight is 509 g/mol. The van der Waals surface area contributed by atoms with Crippen LogP contribution in [0, 0.1) is 6.92 Å². The van der Waals surface area contributed by atoms with Crippen LogP contribution in [-0.4, -0.2) is 20.9 Å². The van der Waals surface area contributed by atoms with Gasteiger partial charge in [-0.2, -0.15) is 0 Å². The van der Waals surface area contributed by atoms with E-state index in [0.717, 1.165) is 38.9 Å². The van der Waals surface area contributed by atoms with Gasteiger partial charge in [0, 0.05) is 33.6 Å². The molecule has 0 saturated carbocycles. The Morgan fingerprint density at radius 1 is 1.03 bits per heavy atom. The number of rotatable bonds is 7. The van der Waals surface area contributed by atoms with Crippen molar-refractivity contribution in [1.29, 1.82) is 0 Å². The minimum absolute atomic E-state index is 0.225. The number of imidazole rings is 1. The smallest absolute Gasteiger partial charge is 0.255 e. The van der Waals surface area contributed by atoms with Crippen LogP contribution in [0.1, 0.15) is 41.6 Å². The van der Waals surface area contributed by atoms with E-state index in [-0.39, 0.29) is 5.91 Å². The highest BCUT2D eigenvalue weighted by atomic mass is 32.1. The summed E-state index contributed by atoms with van der Waals surface area (Å²) in [5.74, 6) is 1.69. The number of aromatic nitrogens is 3. The summed E-state index contributed by atoms with van der Waals surface area (Å²) in [5, 5.41) is 8.28. The molecule has 0 radical (unpaired) electrons. The van der Waals surface area contributed by atoms with Crippen molar-refractivity contribution < 1.29 is 4.79 Å². The first-order valence-corrected chi connectivity index (χ1v) is 12.9. The van der Waals surface area contributed by atoms with Crippen molar-refractivity contribution in [3.05, 3.63) is 95.4 Å². The topological polar surface area (TPSA) is 109 Å². The number of benzene rings is 2. The third-order valence-electron chi connectivity index (χ3n) is 5.99. The zero-order valence-corrected chi connectivity index (χ0v) is 21.7. The van der Waals surface area contributed by atoms with Gasteiger partial charge >= 0.3 is 0 Å². The number of nitrogens with zero attached hydrogens (tertiary/aromatic N) is 2. The van der Waals surface area contributed by atoms with Crippen LogP contribution in [0.4, 0.5) is 22.9 Å². The Labute approximate surface area is 219 Å². The molecule has 3 heterocycles. The van der Waals surface area contributed by atoms with Crippen molar-refractivity contribution >= 4 is 40.1 Å². The van der Waals surface area contributed by atoms with Gasteiger partial charge < -0.3 is 21.4 Å². The molecular weight excluding hydrogens is 480 g/mol. The Morgan fingerprint density at radius 3 is 2.57 bits per heavy atom. The fourth-order valence-corrected chi connectivity index (χ4v) is 4.83. The molecule has 5 rings (SSSR count). The third kappa shape index (κ3) is 5.39. The minimum Gasteiger partial charge on any atom is -0.397 e. The molecule has 0 aliphatic heterocycles. The number of carbonyl (C=O) groups is 1. The molecule has 37 heavy (non-hydrogen) atoms. The molecule has 0 atom stereocenters. The van der Waals surface area contributed by atoms with Crippen molar-refractivity contribution in [3.63, 3.8) is 0 Å². The van der Waals surface area contributed by atoms with E-state index in [4.69, 9.17) is 5.73 Å². The molecule has 0 aliphatic rings. The van der Waals surface area contributed by atoms with Crippen LogP contribution in [0.2, 0.25) is 0 Å². The molecule has 5 aromatic rings. The van der Waals surface area contributed by atoms with Crippen LogP contribution in [0.5, 0.6) is 0 Å². The highest BCUT2D eigenvalue weighted by Gasteiger charge is 2.15. The van der Waals surface area contributed by atoms with Crippen LogP contribution in [0.25, 0.3) is 21.7 Å². The summed E-state index contributed by atoms with van der Waals surface area (Å²) in [5.41, 5.74) is 12.6. The highest BCUT2D eigenvalue weighted by Crippen LogP contribution is 2.31. The van der Waals surface area contributed by atoms with E-state index in [1.165, 1.54) is 0 Å².